The number of hydrogen-bond acceptors (Lipinski definition) is 3. The van der Waals surface area contributed by atoms with Crippen LogP contribution in [-0.4, -0.2) is 41.9 Å². The standard InChI is InChI=1S/C23H35NO2/c1-22(2)19-8-11-23(22,3)21(14-19)26-13-10-20(25)16-24-12-9-17-6-4-5-7-18(17)15-24/h4-7,19-21,25H,8-16H2,1-3H3/t19-,20-,21+,23+/m0/s1. The molecule has 26 heavy (non-hydrogen) atoms. The molecule has 1 N–H and O–H groups in total. The number of ether oxygens (including phenoxy) is 1. The van der Waals surface area contributed by atoms with Crippen LogP contribution in [0.5, 0.6) is 0 Å². The lowest BCUT2D eigenvalue weighted by molar-refractivity contribution is -0.0566. The minimum atomic E-state index is -0.292. The van der Waals surface area contributed by atoms with Gasteiger partial charge in [-0.1, -0.05) is 45.0 Å². The molecule has 3 nitrogen and oxygen atoms in total. The fraction of sp³-hybridized carbons (Fsp3) is 0.739. The van der Waals surface area contributed by atoms with Gasteiger partial charge in [-0.15, -0.1) is 0 Å². The Balaban J connectivity index is 1.23. The molecule has 2 saturated carbocycles. The molecule has 0 saturated heterocycles. The molecule has 2 aliphatic carbocycles. The van der Waals surface area contributed by atoms with E-state index in [1.165, 1.54) is 30.4 Å². The monoisotopic (exact) mass is 357 g/mol. The van der Waals surface area contributed by atoms with Crippen LogP contribution in [0.25, 0.3) is 0 Å². The number of nitrogens with zero attached hydrogens (tertiary/aromatic N) is 1. The minimum Gasteiger partial charge on any atom is -0.392 e. The van der Waals surface area contributed by atoms with Gasteiger partial charge in [0.2, 0.25) is 0 Å². The molecule has 1 heterocycles. The molecule has 4 atom stereocenters. The summed E-state index contributed by atoms with van der Waals surface area (Å²) >= 11 is 0. The van der Waals surface area contributed by atoms with E-state index in [1.807, 2.05) is 0 Å². The molecular formula is C23H35NO2. The zero-order chi connectivity index (χ0) is 18.4. The van der Waals surface area contributed by atoms with Gasteiger partial charge in [0.25, 0.3) is 0 Å². The molecule has 144 valence electrons. The molecule has 3 aliphatic rings. The molecular weight excluding hydrogens is 322 g/mol. The second-order valence-electron chi connectivity index (χ2n) is 9.67. The predicted octanol–water partition coefficient (Wildman–Crippen LogP) is 4.03. The molecule has 1 aromatic carbocycles. The molecule has 4 rings (SSSR count). The second-order valence-corrected chi connectivity index (χ2v) is 9.67. The highest BCUT2D eigenvalue weighted by Gasteiger charge is 2.61. The maximum Gasteiger partial charge on any atom is 0.0689 e. The average Bonchev–Trinajstić information content (AvgIpc) is 2.95. The summed E-state index contributed by atoms with van der Waals surface area (Å²) in [6.07, 6.45) is 5.80. The summed E-state index contributed by atoms with van der Waals surface area (Å²) in [6.45, 7) is 10.7. The van der Waals surface area contributed by atoms with Crippen molar-refractivity contribution in [3.63, 3.8) is 0 Å². The number of rotatable bonds is 6. The SMILES string of the molecule is CC1(C)[C@H]2CC[C@]1(C)[C@H](OCC[C@H](O)CN1CCc3ccccc3C1)C2. The van der Waals surface area contributed by atoms with Gasteiger partial charge in [-0.05, 0) is 60.0 Å². The Morgan fingerprint density at radius 2 is 2.00 bits per heavy atom. The zero-order valence-corrected chi connectivity index (χ0v) is 16.7. The van der Waals surface area contributed by atoms with Crippen LogP contribution >= 0.6 is 0 Å². The van der Waals surface area contributed by atoms with Gasteiger partial charge in [0, 0.05) is 26.2 Å². The topological polar surface area (TPSA) is 32.7 Å². The fourth-order valence-electron chi connectivity index (χ4n) is 5.83. The van der Waals surface area contributed by atoms with Crippen molar-refractivity contribution in [2.45, 2.75) is 71.6 Å². The van der Waals surface area contributed by atoms with Crippen LogP contribution in [0.15, 0.2) is 24.3 Å². The highest BCUT2D eigenvalue weighted by Crippen LogP contribution is 2.66. The summed E-state index contributed by atoms with van der Waals surface area (Å²) < 4.78 is 6.31. The molecule has 1 aromatic rings. The van der Waals surface area contributed by atoms with E-state index >= 15 is 0 Å². The number of fused-ring (bicyclic) bond motifs is 3. The third-order valence-corrected chi connectivity index (χ3v) is 8.16. The lowest BCUT2D eigenvalue weighted by Crippen LogP contribution is -2.39. The summed E-state index contributed by atoms with van der Waals surface area (Å²) in [5, 5.41) is 10.5. The molecule has 0 spiro atoms. The van der Waals surface area contributed by atoms with Crippen LogP contribution in [0.2, 0.25) is 0 Å². The number of benzene rings is 1. The van der Waals surface area contributed by atoms with Crippen LogP contribution in [0.4, 0.5) is 0 Å². The first kappa shape index (κ1) is 18.5. The normalized spacial score (nSPS) is 34.0. The summed E-state index contributed by atoms with van der Waals surface area (Å²) in [6, 6.07) is 8.69. The average molecular weight is 358 g/mol. The Morgan fingerprint density at radius 1 is 1.23 bits per heavy atom. The van der Waals surface area contributed by atoms with E-state index in [-0.39, 0.29) is 6.10 Å². The van der Waals surface area contributed by atoms with Crippen LogP contribution in [0.3, 0.4) is 0 Å². The van der Waals surface area contributed by atoms with Gasteiger partial charge in [-0.25, -0.2) is 0 Å². The first-order valence-electron chi connectivity index (χ1n) is 10.5. The highest BCUT2D eigenvalue weighted by molar-refractivity contribution is 5.29. The summed E-state index contributed by atoms with van der Waals surface area (Å²) in [5.41, 5.74) is 3.60. The van der Waals surface area contributed by atoms with Crippen molar-refractivity contribution in [2.24, 2.45) is 16.7 Å². The van der Waals surface area contributed by atoms with Crippen LogP contribution in [-0.2, 0) is 17.7 Å². The quantitative estimate of drug-likeness (QED) is 0.834. The third-order valence-electron chi connectivity index (χ3n) is 8.16. The van der Waals surface area contributed by atoms with Crippen molar-refractivity contribution in [3.05, 3.63) is 35.4 Å². The summed E-state index contributed by atoms with van der Waals surface area (Å²) in [5.74, 6) is 0.816. The van der Waals surface area contributed by atoms with Crippen molar-refractivity contribution in [3.8, 4) is 0 Å². The van der Waals surface area contributed by atoms with E-state index in [2.05, 4.69) is 49.9 Å². The largest absolute Gasteiger partial charge is 0.392 e. The van der Waals surface area contributed by atoms with Gasteiger partial charge in [-0.3, -0.25) is 4.90 Å². The first-order valence-corrected chi connectivity index (χ1v) is 10.5. The van der Waals surface area contributed by atoms with Crippen LogP contribution in [0.1, 0.15) is 57.6 Å². The van der Waals surface area contributed by atoms with Crippen molar-refractivity contribution < 1.29 is 9.84 Å². The number of hydrogen-bond donors (Lipinski definition) is 1. The summed E-state index contributed by atoms with van der Waals surface area (Å²) in [7, 11) is 0. The van der Waals surface area contributed by atoms with Gasteiger partial charge in [-0.2, -0.15) is 0 Å². The Morgan fingerprint density at radius 3 is 2.69 bits per heavy atom. The molecule has 0 radical (unpaired) electrons. The van der Waals surface area contributed by atoms with Gasteiger partial charge in [0.1, 0.15) is 0 Å². The second kappa shape index (κ2) is 6.92. The zero-order valence-electron chi connectivity index (χ0n) is 16.7. The third kappa shape index (κ3) is 3.12. The van der Waals surface area contributed by atoms with Crippen LogP contribution < -0.4 is 0 Å². The highest BCUT2D eigenvalue weighted by atomic mass is 16.5. The van der Waals surface area contributed by atoms with Crippen molar-refractivity contribution in [2.75, 3.05) is 19.7 Å². The Hall–Kier alpha value is -0.900. The molecule has 1 aliphatic heterocycles. The van der Waals surface area contributed by atoms with E-state index in [4.69, 9.17) is 4.74 Å². The van der Waals surface area contributed by atoms with Crippen molar-refractivity contribution in [1.29, 1.82) is 0 Å². The predicted molar refractivity (Wildman–Crippen MR) is 105 cm³/mol. The number of aliphatic hydroxyl groups is 1. The lowest BCUT2D eigenvalue weighted by Gasteiger charge is -2.39. The number of β-amino-alcohol motifs (C(OH)–C–C–N with tert-alkyl or cyclic N) is 1. The molecule has 0 amide bonds. The van der Waals surface area contributed by atoms with Gasteiger partial charge < -0.3 is 9.84 Å². The number of aliphatic hydroxyl groups excluding tert-OH is 1. The molecule has 0 aromatic heterocycles. The first-order chi connectivity index (χ1) is 12.4. The Kier molecular flexibility index (Phi) is 4.92. The van der Waals surface area contributed by atoms with E-state index < -0.39 is 0 Å². The van der Waals surface area contributed by atoms with Gasteiger partial charge >= 0.3 is 0 Å². The fourth-order valence-corrected chi connectivity index (χ4v) is 5.83. The van der Waals surface area contributed by atoms with Crippen molar-refractivity contribution in [1.82, 2.24) is 4.90 Å². The van der Waals surface area contributed by atoms with E-state index in [0.717, 1.165) is 38.4 Å². The minimum absolute atomic E-state index is 0.292. The van der Waals surface area contributed by atoms with E-state index in [1.54, 1.807) is 0 Å². The molecule has 2 bridgehead atoms. The maximum atomic E-state index is 10.5. The van der Waals surface area contributed by atoms with Crippen LogP contribution in [0, 0.1) is 16.7 Å². The lowest BCUT2D eigenvalue weighted by atomic mass is 9.70. The summed E-state index contributed by atoms with van der Waals surface area (Å²) in [4.78, 5) is 2.38. The Labute approximate surface area is 158 Å². The molecule has 3 heteroatoms. The van der Waals surface area contributed by atoms with Gasteiger partial charge in [0.05, 0.1) is 12.2 Å². The smallest absolute Gasteiger partial charge is 0.0689 e. The van der Waals surface area contributed by atoms with E-state index in [9.17, 15) is 5.11 Å². The van der Waals surface area contributed by atoms with Crippen molar-refractivity contribution >= 4 is 0 Å². The van der Waals surface area contributed by atoms with Gasteiger partial charge in [0.15, 0.2) is 0 Å². The molecule has 0 unspecified atom stereocenters. The van der Waals surface area contributed by atoms with E-state index in [0.29, 0.717) is 23.5 Å². The molecule has 2 fully saturated rings. The Bertz CT molecular complexity index is 643. The maximum absolute atomic E-state index is 10.5.